The van der Waals surface area contributed by atoms with Gasteiger partial charge in [0, 0.05) is 18.0 Å². The maximum absolute atomic E-state index is 11.3. The van der Waals surface area contributed by atoms with Crippen LogP contribution in [0, 0.1) is 5.41 Å². The van der Waals surface area contributed by atoms with Crippen molar-refractivity contribution < 1.29 is 13.2 Å². The number of benzene rings is 1. The lowest BCUT2D eigenvalue weighted by Crippen LogP contribution is -2.47. The van der Waals surface area contributed by atoms with Gasteiger partial charge in [0.2, 0.25) is 10.0 Å². The summed E-state index contributed by atoms with van der Waals surface area (Å²) in [5.74, 6) is 0. The van der Waals surface area contributed by atoms with Gasteiger partial charge in [0.05, 0.1) is 18.1 Å². The molecule has 0 radical (unpaired) electrons. The Bertz CT molecular complexity index is 553. The summed E-state index contributed by atoms with van der Waals surface area (Å²) in [4.78, 5) is 0.150. The van der Waals surface area contributed by atoms with Crippen molar-refractivity contribution in [3.8, 4) is 0 Å². The summed E-state index contributed by atoms with van der Waals surface area (Å²) in [7, 11) is -3.64. The second-order valence-electron chi connectivity index (χ2n) is 5.52. The number of rotatable bonds is 5. The molecule has 0 spiro atoms. The van der Waals surface area contributed by atoms with Crippen molar-refractivity contribution in [3.63, 3.8) is 0 Å². The van der Waals surface area contributed by atoms with E-state index in [1.165, 1.54) is 6.07 Å². The van der Waals surface area contributed by atoms with Gasteiger partial charge in [0.15, 0.2) is 0 Å². The predicted molar refractivity (Wildman–Crippen MR) is 73.2 cm³/mol. The zero-order valence-corrected chi connectivity index (χ0v) is 12.0. The van der Waals surface area contributed by atoms with Crippen LogP contribution in [0.1, 0.15) is 25.5 Å². The van der Waals surface area contributed by atoms with Crippen molar-refractivity contribution in [2.75, 3.05) is 19.8 Å². The largest absolute Gasteiger partial charge is 0.380 e. The Kier molecular flexibility index (Phi) is 3.96. The van der Waals surface area contributed by atoms with E-state index in [4.69, 9.17) is 9.88 Å². The lowest BCUT2D eigenvalue weighted by atomic mass is 9.88. The Hall–Kier alpha value is -0.950. The van der Waals surface area contributed by atoms with Crippen LogP contribution < -0.4 is 10.5 Å². The van der Waals surface area contributed by atoms with Crippen LogP contribution in [-0.2, 0) is 14.8 Å². The molecule has 1 saturated heterocycles. The van der Waals surface area contributed by atoms with Gasteiger partial charge in [-0.25, -0.2) is 13.6 Å². The third kappa shape index (κ3) is 3.54. The number of ether oxygens (including phenoxy) is 1. The van der Waals surface area contributed by atoms with Gasteiger partial charge in [-0.15, -0.1) is 0 Å². The molecule has 1 heterocycles. The van der Waals surface area contributed by atoms with Crippen LogP contribution in [0.3, 0.4) is 0 Å². The molecule has 1 atom stereocenters. The quantitative estimate of drug-likeness (QED) is 0.846. The molecule has 1 aromatic rings. The maximum Gasteiger partial charge on any atom is 0.238 e. The molecule has 0 aromatic heterocycles. The summed E-state index contributed by atoms with van der Waals surface area (Å²) in [6.45, 7) is 6.55. The van der Waals surface area contributed by atoms with Gasteiger partial charge in [-0.2, -0.15) is 0 Å². The van der Waals surface area contributed by atoms with Crippen molar-refractivity contribution in [3.05, 3.63) is 29.8 Å². The highest BCUT2D eigenvalue weighted by Gasteiger charge is 2.33. The van der Waals surface area contributed by atoms with Crippen molar-refractivity contribution in [2.24, 2.45) is 10.6 Å². The second kappa shape index (κ2) is 5.20. The fourth-order valence-electron chi connectivity index (χ4n) is 2.03. The minimum absolute atomic E-state index is 0.0686. The SMILES string of the molecule is CC(NCC1(C)COC1)c1cccc(S(N)(=O)=O)c1. The predicted octanol–water partition coefficient (Wildman–Crippen LogP) is 1.02. The van der Waals surface area contributed by atoms with Crippen LogP contribution in [0.5, 0.6) is 0 Å². The number of nitrogens with two attached hydrogens (primary N) is 1. The van der Waals surface area contributed by atoms with Crippen LogP contribution in [0.2, 0.25) is 0 Å². The standard InChI is InChI=1S/C13H20N2O3S/c1-10(15-7-13(2)8-18-9-13)11-4-3-5-12(6-11)19(14,16)17/h3-6,10,15H,7-9H2,1-2H3,(H2,14,16,17). The first-order valence-electron chi connectivity index (χ1n) is 6.24. The first-order chi connectivity index (χ1) is 8.80. The highest BCUT2D eigenvalue weighted by atomic mass is 32.2. The van der Waals surface area contributed by atoms with E-state index in [2.05, 4.69) is 12.2 Å². The first-order valence-corrected chi connectivity index (χ1v) is 7.79. The van der Waals surface area contributed by atoms with E-state index >= 15 is 0 Å². The summed E-state index contributed by atoms with van der Waals surface area (Å²) in [6, 6.07) is 6.80. The van der Waals surface area contributed by atoms with Crippen LogP contribution in [-0.4, -0.2) is 28.2 Å². The molecular formula is C13H20N2O3S. The molecule has 106 valence electrons. The van der Waals surface area contributed by atoms with Gasteiger partial charge in [0.25, 0.3) is 0 Å². The number of sulfonamides is 1. The van der Waals surface area contributed by atoms with Crippen molar-refractivity contribution >= 4 is 10.0 Å². The number of hydrogen-bond acceptors (Lipinski definition) is 4. The molecule has 1 aromatic carbocycles. The third-order valence-electron chi connectivity index (χ3n) is 3.42. The lowest BCUT2D eigenvalue weighted by Gasteiger charge is -2.39. The van der Waals surface area contributed by atoms with Gasteiger partial charge in [-0.1, -0.05) is 19.1 Å². The molecule has 1 aliphatic heterocycles. The third-order valence-corrected chi connectivity index (χ3v) is 4.33. The first kappa shape index (κ1) is 14.5. The van der Waals surface area contributed by atoms with Crippen LogP contribution in [0.15, 0.2) is 29.2 Å². The summed E-state index contributed by atoms with van der Waals surface area (Å²) < 4.78 is 27.8. The molecule has 1 aliphatic rings. The van der Waals surface area contributed by atoms with Crippen LogP contribution >= 0.6 is 0 Å². The second-order valence-corrected chi connectivity index (χ2v) is 7.08. The lowest BCUT2D eigenvalue weighted by molar-refractivity contribution is -0.0999. The van der Waals surface area contributed by atoms with E-state index in [0.29, 0.717) is 0 Å². The molecule has 0 bridgehead atoms. The van der Waals surface area contributed by atoms with Crippen LogP contribution in [0.25, 0.3) is 0 Å². The highest BCUT2D eigenvalue weighted by Crippen LogP contribution is 2.26. The van der Waals surface area contributed by atoms with E-state index < -0.39 is 10.0 Å². The molecule has 3 N–H and O–H groups in total. The normalized spacial score (nSPS) is 19.7. The Morgan fingerprint density at radius 2 is 2.16 bits per heavy atom. The number of hydrogen-bond donors (Lipinski definition) is 2. The smallest absolute Gasteiger partial charge is 0.238 e. The van der Waals surface area contributed by atoms with E-state index in [9.17, 15) is 8.42 Å². The average molecular weight is 284 g/mol. The Labute approximate surface area is 114 Å². The van der Waals surface area contributed by atoms with Crippen LogP contribution in [0.4, 0.5) is 0 Å². The zero-order chi connectivity index (χ0) is 14.1. The van der Waals surface area contributed by atoms with E-state index in [-0.39, 0.29) is 16.4 Å². The van der Waals surface area contributed by atoms with Gasteiger partial charge in [0.1, 0.15) is 0 Å². The summed E-state index contributed by atoms with van der Waals surface area (Å²) in [5.41, 5.74) is 1.10. The maximum atomic E-state index is 11.3. The Morgan fingerprint density at radius 1 is 1.47 bits per heavy atom. The summed E-state index contributed by atoms with van der Waals surface area (Å²) in [6.07, 6.45) is 0. The molecule has 0 saturated carbocycles. The molecule has 0 amide bonds. The molecule has 1 unspecified atom stereocenters. The molecule has 0 aliphatic carbocycles. The average Bonchev–Trinajstić information content (AvgIpc) is 2.33. The van der Waals surface area contributed by atoms with Crippen molar-refractivity contribution in [2.45, 2.75) is 24.8 Å². The molecule has 2 rings (SSSR count). The molecule has 1 fully saturated rings. The van der Waals surface area contributed by atoms with Gasteiger partial charge in [-0.05, 0) is 24.6 Å². The minimum Gasteiger partial charge on any atom is -0.380 e. The topological polar surface area (TPSA) is 81.4 Å². The molecule has 5 nitrogen and oxygen atoms in total. The number of nitrogens with one attached hydrogen (secondary N) is 1. The van der Waals surface area contributed by atoms with Gasteiger partial charge < -0.3 is 10.1 Å². The highest BCUT2D eigenvalue weighted by molar-refractivity contribution is 7.89. The minimum atomic E-state index is -3.64. The number of primary sulfonamides is 1. The van der Waals surface area contributed by atoms with Crippen molar-refractivity contribution in [1.82, 2.24) is 5.32 Å². The van der Waals surface area contributed by atoms with E-state index in [1.807, 2.05) is 13.0 Å². The Morgan fingerprint density at radius 3 is 2.68 bits per heavy atom. The molecule has 6 heteroatoms. The van der Waals surface area contributed by atoms with E-state index in [1.54, 1.807) is 12.1 Å². The van der Waals surface area contributed by atoms with Gasteiger partial charge >= 0.3 is 0 Å². The zero-order valence-electron chi connectivity index (χ0n) is 11.2. The summed E-state index contributed by atoms with van der Waals surface area (Å²) in [5, 5.41) is 8.54. The van der Waals surface area contributed by atoms with Gasteiger partial charge in [-0.3, -0.25) is 0 Å². The molecular weight excluding hydrogens is 264 g/mol. The van der Waals surface area contributed by atoms with Crippen molar-refractivity contribution in [1.29, 1.82) is 0 Å². The monoisotopic (exact) mass is 284 g/mol. The van der Waals surface area contributed by atoms with E-state index in [0.717, 1.165) is 25.3 Å². The molecule has 19 heavy (non-hydrogen) atoms. The fourth-order valence-corrected chi connectivity index (χ4v) is 2.60. The summed E-state index contributed by atoms with van der Waals surface area (Å²) >= 11 is 0. The fraction of sp³-hybridized carbons (Fsp3) is 0.538. The Balaban J connectivity index is 2.04.